The molecule has 0 radical (unpaired) electrons. The zero-order chi connectivity index (χ0) is 9.42. The van der Waals surface area contributed by atoms with Crippen molar-refractivity contribution >= 4 is 21.6 Å². The molecule has 0 atom stereocenters. The van der Waals surface area contributed by atoms with Gasteiger partial charge in [-0.2, -0.15) is 0 Å². The van der Waals surface area contributed by atoms with Gasteiger partial charge >= 0.3 is 0 Å². The molecule has 0 aliphatic heterocycles. The summed E-state index contributed by atoms with van der Waals surface area (Å²) in [6, 6.07) is 1.93. The second-order valence-corrected chi connectivity index (χ2v) is 4.15. The Bertz CT molecular complexity index is 349. The standard InChI is InChI=1S/C10H12BrNO/c1-13-10-7-4-2-3-6(7)9(12)5-8(10)11/h5H,2-4,12H2,1H3. The monoisotopic (exact) mass is 241 g/mol. The van der Waals surface area contributed by atoms with E-state index in [1.165, 1.54) is 17.5 Å². The average molecular weight is 242 g/mol. The molecule has 2 N–H and O–H groups in total. The Balaban J connectivity index is 2.65. The van der Waals surface area contributed by atoms with E-state index in [1.807, 2.05) is 6.07 Å². The van der Waals surface area contributed by atoms with Gasteiger partial charge in [0.25, 0.3) is 0 Å². The van der Waals surface area contributed by atoms with E-state index in [0.29, 0.717) is 0 Å². The van der Waals surface area contributed by atoms with Crippen LogP contribution in [0.5, 0.6) is 5.75 Å². The number of fused-ring (bicyclic) bond motifs is 1. The number of benzene rings is 1. The van der Waals surface area contributed by atoms with Crippen molar-refractivity contribution in [2.45, 2.75) is 19.3 Å². The van der Waals surface area contributed by atoms with Crippen molar-refractivity contribution in [2.24, 2.45) is 0 Å². The number of ether oxygens (including phenoxy) is 1. The first-order chi connectivity index (χ1) is 6.24. The summed E-state index contributed by atoms with van der Waals surface area (Å²) in [7, 11) is 1.70. The van der Waals surface area contributed by atoms with E-state index < -0.39 is 0 Å². The van der Waals surface area contributed by atoms with Gasteiger partial charge in [0.1, 0.15) is 5.75 Å². The van der Waals surface area contributed by atoms with Crippen molar-refractivity contribution in [1.82, 2.24) is 0 Å². The molecule has 0 amide bonds. The van der Waals surface area contributed by atoms with Crippen LogP contribution in [0.1, 0.15) is 17.5 Å². The predicted molar refractivity (Wildman–Crippen MR) is 57.1 cm³/mol. The van der Waals surface area contributed by atoms with Crippen molar-refractivity contribution in [2.75, 3.05) is 12.8 Å². The van der Waals surface area contributed by atoms with Gasteiger partial charge in [-0.05, 0) is 46.8 Å². The number of methoxy groups -OCH3 is 1. The minimum atomic E-state index is 0.889. The molecule has 0 spiro atoms. The lowest BCUT2D eigenvalue weighted by molar-refractivity contribution is 0.408. The lowest BCUT2D eigenvalue weighted by atomic mass is 10.1. The number of nitrogen functional groups attached to an aromatic ring is 1. The molecular weight excluding hydrogens is 230 g/mol. The fourth-order valence-electron chi connectivity index (χ4n) is 1.97. The molecule has 1 aromatic rings. The van der Waals surface area contributed by atoms with E-state index in [-0.39, 0.29) is 0 Å². The zero-order valence-electron chi connectivity index (χ0n) is 7.56. The fourth-order valence-corrected chi connectivity index (χ4v) is 2.61. The van der Waals surface area contributed by atoms with Crippen molar-refractivity contribution in [3.8, 4) is 5.75 Å². The van der Waals surface area contributed by atoms with E-state index >= 15 is 0 Å². The maximum absolute atomic E-state index is 5.91. The summed E-state index contributed by atoms with van der Waals surface area (Å²) >= 11 is 3.46. The molecule has 0 saturated heterocycles. The Morgan fingerprint density at radius 1 is 1.38 bits per heavy atom. The van der Waals surface area contributed by atoms with Crippen molar-refractivity contribution in [1.29, 1.82) is 0 Å². The molecule has 0 bridgehead atoms. The SMILES string of the molecule is COc1c(Br)cc(N)c2c1CCC2. The summed E-state index contributed by atoms with van der Waals surface area (Å²) in [6.45, 7) is 0. The van der Waals surface area contributed by atoms with Crippen LogP contribution in [0.2, 0.25) is 0 Å². The Hall–Kier alpha value is -0.700. The first-order valence-electron chi connectivity index (χ1n) is 4.37. The molecule has 2 rings (SSSR count). The van der Waals surface area contributed by atoms with Crippen LogP contribution in [0, 0.1) is 0 Å². The lowest BCUT2D eigenvalue weighted by Crippen LogP contribution is -1.97. The molecule has 0 heterocycles. The minimum Gasteiger partial charge on any atom is -0.495 e. The predicted octanol–water partition coefficient (Wildman–Crippen LogP) is 2.53. The van der Waals surface area contributed by atoms with Gasteiger partial charge in [-0.3, -0.25) is 0 Å². The molecule has 2 nitrogen and oxygen atoms in total. The zero-order valence-corrected chi connectivity index (χ0v) is 9.15. The highest BCUT2D eigenvalue weighted by Gasteiger charge is 2.20. The van der Waals surface area contributed by atoms with Crippen molar-refractivity contribution in [3.63, 3.8) is 0 Å². The van der Waals surface area contributed by atoms with Gasteiger partial charge in [0, 0.05) is 11.3 Å². The smallest absolute Gasteiger partial charge is 0.136 e. The molecule has 1 aromatic carbocycles. The van der Waals surface area contributed by atoms with Gasteiger partial charge in [0.05, 0.1) is 11.6 Å². The highest BCUT2D eigenvalue weighted by Crippen LogP contribution is 2.39. The number of halogens is 1. The van der Waals surface area contributed by atoms with E-state index in [9.17, 15) is 0 Å². The maximum Gasteiger partial charge on any atom is 0.136 e. The first-order valence-corrected chi connectivity index (χ1v) is 5.17. The summed E-state index contributed by atoms with van der Waals surface area (Å²) in [5.74, 6) is 0.960. The topological polar surface area (TPSA) is 35.2 Å². The molecule has 0 aromatic heterocycles. The summed E-state index contributed by atoms with van der Waals surface area (Å²) in [6.07, 6.45) is 3.36. The first kappa shape index (κ1) is 8.88. The molecule has 0 fully saturated rings. The van der Waals surface area contributed by atoms with Crippen LogP contribution in [0.4, 0.5) is 5.69 Å². The molecule has 70 valence electrons. The van der Waals surface area contributed by atoms with E-state index in [4.69, 9.17) is 10.5 Å². The summed E-state index contributed by atoms with van der Waals surface area (Å²) in [4.78, 5) is 0. The minimum absolute atomic E-state index is 0.889. The van der Waals surface area contributed by atoms with Gasteiger partial charge < -0.3 is 10.5 Å². The quantitative estimate of drug-likeness (QED) is 0.768. The van der Waals surface area contributed by atoms with Gasteiger partial charge in [-0.15, -0.1) is 0 Å². The van der Waals surface area contributed by atoms with Gasteiger partial charge in [-0.1, -0.05) is 0 Å². The second kappa shape index (κ2) is 3.22. The van der Waals surface area contributed by atoms with Gasteiger partial charge in [0.15, 0.2) is 0 Å². The van der Waals surface area contributed by atoms with Gasteiger partial charge in [0.2, 0.25) is 0 Å². The molecular formula is C10H12BrNO. The van der Waals surface area contributed by atoms with E-state index in [1.54, 1.807) is 7.11 Å². The number of rotatable bonds is 1. The molecule has 0 unspecified atom stereocenters. The highest BCUT2D eigenvalue weighted by molar-refractivity contribution is 9.10. The highest BCUT2D eigenvalue weighted by atomic mass is 79.9. The van der Waals surface area contributed by atoms with Crippen molar-refractivity contribution in [3.05, 3.63) is 21.7 Å². The number of anilines is 1. The number of nitrogens with two attached hydrogens (primary N) is 1. The van der Waals surface area contributed by atoms with Crippen LogP contribution in [-0.4, -0.2) is 7.11 Å². The maximum atomic E-state index is 5.91. The Labute approximate surface area is 86.2 Å². The molecule has 1 aliphatic rings. The molecule has 3 heteroatoms. The Kier molecular flexibility index (Phi) is 2.20. The van der Waals surface area contributed by atoms with Crippen LogP contribution >= 0.6 is 15.9 Å². The third-order valence-corrected chi connectivity index (χ3v) is 3.13. The number of hydrogen-bond acceptors (Lipinski definition) is 2. The van der Waals surface area contributed by atoms with E-state index in [0.717, 1.165) is 28.8 Å². The van der Waals surface area contributed by atoms with Crippen LogP contribution in [0.3, 0.4) is 0 Å². The lowest BCUT2D eigenvalue weighted by Gasteiger charge is -2.11. The largest absolute Gasteiger partial charge is 0.495 e. The molecule has 13 heavy (non-hydrogen) atoms. The van der Waals surface area contributed by atoms with Crippen LogP contribution in [0.15, 0.2) is 10.5 Å². The average Bonchev–Trinajstić information content (AvgIpc) is 2.53. The van der Waals surface area contributed by atoms with Crippen LogP contribution < -0.4 is 10.5 Å². The second-order valence-electron chi connectivity index (χ2n) is 3.29. The Morgan fingerprint density at radius 3 is 2.77 bits per heavy atom. The molecule has 0 saturated carbocycles. The van der Waals surface area contributed by atoms with Crippen LogP contribution in [-0.2, 0) is 12.8 Å². The summed E-state index contributed by atoms with van der Waals surface area (Å²) in [5.41, 5.74) is 9.36. The van der Waals surface area contributed by atoms with Gasteiger partial charge in [-0.25, -0.2) is 0 Å². The normalized spacial score (nSPS) is 14.3. The molecule has 1 aliphatic carbocycles. The van der Waals surface area contributed by atoms with Crippen LogP contribution in [0.25, 0.3) is 0 Å². The fraction of sp³-hybridized carbons (Fsp3) is 0.400. The summed E-state index contributed by atoms with van der Waals surface area (Å²) in [5, 5.41) is 0. The third kappa shape index (κ3) is 1.31. The third-order valence-electron chi connectivity index (χ3n) is 2.54. The summed E-state index contributed by atoms with van der Waals surface area (Å²) < 4.78 is 6.31. The van der Waals surface area contributed by atoms with Crippen molar-refractivity contribution < 1.29 is 4.74 Å². The van der Waals surface area contributed by atoms with E-state index in [2.05, 4.69) is 15.9 Å². The number of hydrogen-bond donors (Lipinski definition) is 1. The Morgan fingerprint density at radius 2 is 2.08 bits per heavy atom.